The van der Waals surface area contributed by atoms with Crippen LogP contribution in [0.1, 0.15) is 18.5 Å². The molecule has 0 radical (unpaired) electrons. The summed E-state index contributed by atoms with van der Waals surface area (Å²) in [6.45, 7) is 3.02. The Hall–Kier alpha value is -0.730. The average Bonchev–Trinajstić information content (AvgIpc) is 2.63. The fraction of sp³-hybridized carbons (Fsp3) is 0.333. The second kappa shape index (κ2) is 4.67. The molecule has 1 aliphatic rings. The maximum Gasteiger partial charge on any atom is 0.0428 e. The molecule has 14 heavy (non-hydrogen) atoms. The fourth-order valence-corrected chi connectivity index (χ4v) is 2.86. The topological polar surface area (TPSA) is 12.0 Å². The van der Waals surface area contributed by atoms with E-state index in [1.807, 2.05) is 11.8 Å². The van der Waals surface area contributed by atoms with E-state index >= 15 is 0 Å². The van der Waals surface area contributed by atoms with Gasteiger partial charge in [0.1, 0.15) is 0 Å². The van der Waals surface area contributed by atoms with Crippen molar-refractivity contribution in [2.75, 3.05) is 12.3 Å². The van der Waals surface area contributed by atoms with Crippen LogP contribution >= 0.6 is 11.8 Å². The number of thioether (sulfide) groups is 1. The zero-order valence-electron chi connectivity index (χ0n) is 8.36. The summed E-state index contributed by atoms with van der Waals surface area (Å²) in [4.78, 5) is 1.44. The lowest BCUT2D eigenvalue weighted by Gasteiger charge is -2.10. The Balaban J connectivity index is 2.03. The van der Waals surface area contributed by atoms with Crippen molar-refractivity contribution in [3.63, 3.8) is 0 Å². The lowest BCUT2D eigenvalue weighted by atomic mass is 10.1. The second-order valence-electron chi connectivity index (χ2n) is 3.38. The lowest BCUT2D eigenvalue weighted by Crippen LogP contribution is -2.20. The predicted molar refractivity (Wildman–Crippen MR) is 62.7 cm³/mol. The molecular formula is C12H15NS. The number of hydrogen-bond acceptors (Lipinski definition) is 2. The van der Waals surface area contributed by atoms with Gasteiger partial charge in [-0.25, -0.2) is 0 Å². The standard InChI is InChI=1S/C12H15NS/c1-2-3-8-13-11-9-14-12-7-5-4-6-10(11)12/h2-7,11,13H,8-9H2,1H3/b3-2+. The minimum absolute atomic E-state index is 0.535. The van der Waals surface area contributed by atoms with Crippen molar-refractivity contribution in [3.8, 4) is 0 Å². The zero-order chi connectivity index (χ0) is 9.80. The highest BCUT2D eigenvalue weighted by Gasteiger charge is 2.20. The van der Waals surface area contributed by atoms with Crippen LogP contribution in [0.25, 0.3) is 0 Å². The molecule has 2 heteroatoms. The van der Waals surface area contributed by atoms with Crippen LogP contribution in [-0.4, -0.2) is 12.3 Å². The monoisotopic (exact) mass is 205 g/mol. The first-order chi connectivity index (χ1) is 6.92. The zero-order valence-corrected chi connectivity index (χ0v) is 9.18. The van der Waals surface area contributed by atoms with E-state index in [9.17, 15) is 0 Å². The first kappa shape index (κ1) is 9.81. The molecule has 1 aromatic carbocycles. The van der Waals surface area contributed by atoms with Crippen molar-refractivity contribution >= 4 is 11.8 Å². The number of allylic oxidation sites excluding steroid dienone is 1. The first-order valence-corrected chi connectivity index (χ1v) is 5.96. The molecule has 1 aromatic rings. The number of rotatable bonds is 3. The Morgan fingerprint density at radius 3 is 3.21 bits per heavy atom. The van der Waals surface area contributed by atoms with Crippen LogP contribution in [0.4, 0.5) is 0 Å². The SMILES string of the molecule is C/C=C/CNC1CSc2ccccc21. The third kappa shape index (κ3) is 2.02. The molecular weight excluding hydrogens is 190 g/mol. The van der Waals surface area contributed by atoms with E-state index in [0.717, 1.165) is 12.3 Å². The van der Waals surface area contributed by atoms with E-state index in [0.29, 0.717) is 6.04 Å². The van der Waals surface area contributed by atoms with Crippen molar-refractivity contribution in [2.24, 2.45) is 0 Å². The van der Waals surface area contributed by atoms with Gasteiger partial charge in [0.25, 0.3) is 0 Å². The van der Waals surface area contributed by atoms with E-state index in [4.69, 9.17) is 0 Å². The van der Waals surface area contributed by atoms with Crippen LogP contribution in [0.5, 0.6) is 0 Å². The molecule has 0 fully saturated rings. The molecule has 0 saturated carbocycles. The van der Waals surface area contributed by atoms with Gasteiger partial charge in [0.05, 0.1) is 0 Å². The third-order valence-corrected chi connectivity index (χ3v) is 3.60. The van der Waals surface area contributed by atoms with E-state index in [1.165, 1.54) is 10.5 Å². The molecule has 0 aromatic heterocycles. The van der Waals surface area contributed by atoms with Gasteiger partial charge in [-0.05, 0) is 18.6 Å². The largest absolute Gasteiger partial charge is 0.306 e. The molecule has 0 saturated heterocycles. The van der Waals surface area contributed by atoms with Crippen molar-refractivity contribution in [2.45, 2.75) is 17.9 Å². The number of hydrogen-bond donors (Lipinski definition) is 1. The van der Waals surface area contributed by atoms with Gasteiger partial charge in [-0.2, -0.15) is 0 Å². The predicted octanol–water partition coefficient (Wildman–Crippen LogP) is 3.00. The van der Waals surface area contributed by atoms with Crippen LogP contribution in [0.3, 0.4) is 0 Å². The summed E-state index contributed by atoms with van der Waals surface area (Å²) in [5, 5.41) is 3.53. The third-order valence-electron chi connectivity index (χ3n) is 2.42. The molecule has 0 amide bonds. The van der Waals surface area contributed by atoms with Crippen LogP contribution in [-0.2, 0) is 0 Å². The summed E-state index contributed by atoms with van der Waals surface area (Å²) in [6, 6.07) is 9.20. The fourth-order valence-electron chi connectivity index (χ4n) is 1.66. The average molecular weight is 205 g/mol. The number of benzene rings is 1. The van der Waals surface area contributed by atoms with Crippen LogP contribution < -0.4 is 5.32 Å². The Bertz CT molecular complexity index is 333. The summed E-state index contributed by atoms with van der Waals surface area (Å²) in [5.74, 6) is 1.16. The summed E-state index contributed by atoms with van der Waals surface area (Å²) in [7, 11) is 0. The minimum Gasteiger partial charge on any atom is -0.306 e. The Labute approximate surface area is 89.6 Å². The molecule has 1 unspecified atom stereocenters. The van der Waals surface area contributed by atoms with Crippen LogP contribution in [0, 0.1) is 0 Å². The van der Waals surface area contributed by atoms with Gasteiger partial charge in [-0.3, -0.25) is 0 Å². The quantitative estimate of drug-likeness (QED) is 0.761. The molecule has 0 bridgehead atoms. The van der Waals surface area contributed by atoms with Gasteiger partial charge in [0.15, 0.2) is 0 Å². The Kier molecular flexibility index (Phi) is 3.27. The van der Waals surface area contributed by atoms with Gasteiger partial charge in [0, 0.05) is 23.2 Å². The van der Waals surface area contributed by atoms with Gasteiger partial charge in [-0.15, -0.1) is 11.8 Å². The molecule has 0 aliphatic carbocycles. The van der Waals surface area contributed by atoms with Crippen molar-refractivity contribution in [1.29, 1.82) is 0 Å². The smallest absolute Gasteiger partial charge is 0.0428 e. The van der Waals surface area contributed by atoms with E-state index in [-0.39, 0.29) is 0 Å². The molecule has 1 atom stereocenters. The van der Waals surface area contributed by atoms with Crippen LogP contribution in [0.2, 0.25) is 0 Å². The van der Waals surface area contributed by atoms with E-state index in [1.54, 1.807) is 0 Å². The van der Waals surface area contributed by atoms with E-state index in [2.05, 4.69) is 48.7 Å². The summed E-state index contributed by atoms with van der Waals surface area (Å²) in [5.41, 5.74) is 1.46. The number of nitrogens with one attached hydrogen (secondary N) is 1. The van der Waals surface area contributed by atoms with Gasteiger partial charge >= 0.3 is 0 Å². The van der Waals surface area contributed by atoms with Crippen molar-refractivity contribution < 1.29 is 0 Å². The number of fused-ring (bicyclic) bond motifs is 1. The summed E-state index contributed by atoms with van der Waals surface area (Å²) >= 11 is 1.95. The highest BCUT2D eigenvalue weighted by Crippen LogP contribution is 2.37. The van der Waals surface area contributed by atoms with Gasteiger partial charge < -0.3 is 5.32 Å². The Morgan fingerprint density at radius 2 is 2.36 bits per heavy atom. The minimum atomic E-state index is 0.535. The highest BCUT2D eigenvalue weighted by atomic mass is 32.2. The van der Waals surface area contributed by atoms with Gasteiger partial charge in [-0.1, -0.05) is 30.4 Å². The van der Waals surface area contributed by atoms with Gasteiger partial charge in [0.2, 0.25) is 0 Å². The second-order valence-corrected chi connectivity index (χ2v) is 4.44. The Morgan fingerprint density at radius 1 is 1.50 bits per heavy atom. The first-order valence-electron chi connectivity index (χ1n) is 4.98. The van der Waals surface area contributed by atoms with E-state index < -0.39 is 0 Å². The van der Waals surface area contributed by atoms with Crippen molar-refractivity contribution in [1.82, 2.24) is 5.32 Å². The maximum atomic E-state index is 3.53. The molecule has 0 spiro atoms. The lowest BCUT2D eigenvalue weighted by molar-refractivity contribution is 0.627. The summed E-state index contributed by atoms with van der Waals surface area (Å²) < 4.78 is 0. The maximum absolute atomic E-state index is 3.53. The molecule has 1 heterocycles. The molecule has 1 aliphatic heterocycles. The summed E-state index contributed by atoms with van der Waals surface area (Å²) in [6.07, 6.45) is 4.24. The normalized spacial score (nSPS) is 20.2. The molecule has 2 rings (SSSR count). The molecule has 74 valence electrons. The van der Waals surface area contributed by atoms with Crippen molar-refractivity contribution in [3.05, 3.63) is 42.0 Å². The molecule has 1 N–H and O–H groups in total. The molecule has 1 nitrogen and oxygen atoms in total. The highest BCUT2D eigenvalue weighted by molar-refractivity contribution is 7.99. The van der Waals surface area contributed by atoms with Crippen LogP contribution in [0.15, 0.2) is 41.3 Å².